The van der Waals surface area contributed by atoms with Crippen molar-refractivity contribution in [2.24, 2.45) is 0 Å². The molecule has 0 aliphatic heterocycles. The molecule has 0 saturated heterocycles. The highest BCUT2D eigenvalue weighted by Crippen LogP contribution is 2.26. The van der Waals surface area contributed by atoms with Gasteiger partial charge in [0.05, 0.1) is 0 Å². The number of benzene rings is 1. The third-order valence-corrected chi connectivity index (χ3v) is 2.01. The molecule has 0 atom stereocenters. The van der Waals surface area contributed by atoms with Gasteiger partial charge in [-0.15, -0.1) is 0 Å². The average Bonchev–Trinajstić information content (AvgIpc) is 2.35. The Morgan fingerprint density at radius 3 is 2.76 bits per heavy atom. The lowest BCUT2D eigenvalue weighted by atomic mass is 10.3. The van der Waals surface area contributed by atoms with Crippen LogP contribution in [0.3, 0.4) is 0 Å². The maximum absolute atomic E-state index is 13.3. The Bertz CT molecular complexity index is 593. The molecule has 84 valence electrons. The number of hydrogen-bond acceptors (Lipinski definition) is 3. The number of ether oxygens (including phenoxy) is 1. The van der Waals surface area contributed by atoms with Crippen molar-refractivity contribution in [2.75, 3.05) is 0 Å². The van der Waals surface area contributed by atoms with E-state index < -0.39 is 11.6 Å². The molecule has 0 N–H and O–H groups in total. The van der Waals surface area contributed by atoms with Crippen LogP contribution in [0.1, 0.15) is 5.56 Å². The topological polar surface area (TPSA) is 45.9 Å². The van der Waals surface area contributed by atoms with Gasteiger partial charge in [0, 0.05) is 6.20 Å². The van der Waals surface area contributed by atoms with Crippen molar-refractivity contribution in [3.05, 3.63) is 53.7 Å². The molecule has 2 aromatic rings. The van der Waals surface area contributed by atoms with Gasteiger partial charge in [0.2, 0.25) is 11.7 Å². The SMILES string of the molecule is N#Cc1cccnc1Oc1cccc(F)c1F. The molecule has 17 heavy (non-hydrogen) atoms. The van der Waals surface area contributed by atoms with Gasteiger partial charge >= 0.3 is 0 Å². The van der Waals surface area contributed by atoms with Crippen LogP contribution < -0.4 is 4.74 Å². The van der Waals surface area contributed by atoms with Gasteiger partial charge in [-0.1, -0.05) is 6.07 Å². The quantitative estimate of drug-likeness (QED) is 0.799. The highest BCUT2D eigenvalue weighted by Gasteiger charge is 2.12. The molecular weight excluding hydrogens is 226 g/mol. The van der Waals surface area contributed by atoms with E-state index in [2.05, 4.69) is 4.98 Å². The summed E-state index contributed by atoms with van der Waals surface area (Å²) in [6.45, 7) is 0. The monoisotopic (exact) mass is 232 g/mol. The lowest BCUT2D eigenvalue weighted by Gasteiger charge is -2.06. The predicted molar refractivity (Wildman–Crippen MR) is 55.4 cm³/mol. The summed E-state index contributed by atoms with van der Waals surface area (Å²) in [6, 6.07) is 8.41. The number of halogens is 2. The zero-order valence-electron chi connectivity index (χ0n) is 8.52. The summed E-state index contributed by atoms with van der Waals surface area (Å²) in [5.41, 5.74) is 0.149. The maximum Gasteiger partial charge on any atom is 0.237 e. The second kappa shape index (κ2) is 4.58. The van der Waals surface area contributed by atoms with Crippen molar-refractivity contribution < 1.29 is 13.5 Å². The van der Waals surface area contributed by atoms with Crippen LogP contribution in [0.15, 0.2) is 36.5 Å². The van der Waals surface area contributed by atoms with Crippen molar-refractivity contribution in [2.45, 2.75) is 0 Å². The number of pyridine rings is 1. The number of nitriles is 1. The summed E-state index contributed by atoms with van der Waals surface area (Å²) in [7, 11) is 0. The molecule has 0 bridgehead atoms. The zero-order valence-corrected chi connectivity index (χ0v) is 8.52. The van der Waals surface area contributed by atoms with Gasteiger partial charge in [-0.25, -0.2) is 9.37 Å². The van der Waals surface area contributed by atoms with Crippen LogP contribution in [-0.4, -0.2) is 4.98 Å². The van der Waals surface area contributed by atoms with E-state index in [1.54, 1.807) is 6.07 Å². The normalized spacial score (nSPS) is 9.71. The van der Waals surface area contributed by atoms with Crippen LogP contribution in [-0.2, 0) is 0 Å². The fraction of sp³-hybridized carbons (Fsp3) is 0. The second-order valence-corrected chi connectivity index (χ2v) is 3.12. The molecule has 0 amide bonds. The van der Waals surface area contributed by atoms with E-state index in [9.17, 15) is 8.78 Å². The minimum atomic E-state index is -1.11. The van der Waals surface area contributed by atoms with E-state index in [-0.39, 0.29) is 17.2 Å². The summed E-state index contributed by atoms with van der Waals surface area (Å²) in [5.74, 6) is -2.49. The van der Waals surface area contributed by atoms with Crippen LogP contribution in [0.2, 0.25) is 0 Å². The zero-order chi connectivity index (χ0) is 12.3. The first-order chi connectivity index (χ1) is 8.22. The number of rotatable bonds is 2. The molecule has 1 aromatic carbocycles. The van der Waals surface area contributed by atoms with Gasteiger partial charge in [-0.3, -0.25) is 0 Å². The molecule has 3 nitrogen and oxygen atoms in total. The van der Waals surface area contributed by atoms with Crippen LogP contribution >= 0.6 is 0 Å². The van der Waals surface area contributed by atoms with E-state index in [0.717, 1.165) is 6.07 Å². The van der Waals surface area contributed by atoms with Crippen LogP contribution in [0.5, 0.6) is 11.6 Å². The van der Waals surface area contributed by atoms with Crippen molar-refractivity contribution in [1.82, 2.24) is 4.98 Å². The van der Waals surface area contributed by atoms with Crippen molar-refractivity contribution >= 4 is 0 Å². The third-order valence-electron chi connectivity index (χ3n) is 2.01. The molecule has 0 unspecified atom stereocenters. The molecule has 1 heterocycles. The summed E-state index contributed by atoms with van der Waals surface area (Å²) < 4.78 is 31.3. The van der Waals surface area contributed by atoms with Gasteiger partial charge < -0.3 is 4.74 Å². The smallest absolute Gasteiger partial charge is 0.237 e. The lowest BCUT2D eigenvalue weighted by Crippen LogP contribution is -1.95. The van der Waals surface area contributed by atoms with Gasteiger partial charge in [-0.05, 0) is 24.3 Å². The fourth-order valence-electron chi connectivity index (χ4n) is 1.22. The highest BCUT2D eigenvalue weighted by molar-refractivity contribution is 5.40. The Hall–Kier alpha value is -2.48. The first-order valence-electron chi connectivity index (χ1n) is 4.69. The van der Waals surface area contributed by atoms with Gasteiger partial charge in [-0.2, -0.15) is 9.65 Å². The molecule has 2 rings (SSSR count). The predicted octanol–water partition coefficient (Wildman–Crippen LogP) is 3.02. The van der Waals surface area contributed by atoms with Crippen LogP contribution in [0.25, 0.3) is 0 Å². The Labute approximate surface area is 95.9 Å². The second-order valence-electron chi connectivity index (χ2n) is 3.12. The first-order valence-corrected chi connectivity index (χ1v) is 4.69. The van der Waals surface area contributed by atoms with E-state index in [1.165, 1.54) is 24.4 Å². The van der Waals surface area contributed by atoms with Gasteiger partial charge in [0.15, 0.2) is 11.6 Å². The van der Waals surface area contributed by atoms with Crippen molar-refractivity contribution in [3.63, 3.8) is 0 Å². The van der Waals surface area contributed by atoms with Gasteiger partial charge in [0.1, 0.15) is 11.6 Å². The van der Waals surface area contributed by atoms with Crippen LogP contribution in [0.4, 0.5) is 8.78 Å². The molecule has 0 saturated carbocycles. The standard InChI is InChI=1S/C12H6F2N2O/c13-9-4-1-5-10(11(9)14)17-12-8(7-15)3-2-6-16-12/h1-6H. The molecule has 5 heteroatoms. The van der Waals surface area contributed by atoms with Gasteiger partial charge in [0.25, 0.3) is 0 Å². The highest BCUT2D eigenvalue weighted by atomic mass is 19.2. The van der Waals surface area contributed by atoms with E-state index in [1.807, 2.05) is 6.07 Å². The minimum absolute atomic E-state index is 0.0560. The third kappa shape index (κ3) is 2.21. The molecule has 0 aliphatic carbocycles. The average molecular weight is 232 g/mol. The molecule has 0 aliphatic rings. The summed E-state index contributed by atoms with van der Waals surface area (Å²) in [5, 5.41) is 8.78. The lowest BCUT2D eigenvalue weighted by molar-refractivity contribution is 0.404. The minimum Gasteiger partial charge on any atom is -0.434 e. The largest absolute Gasteiger partial charge is 0.434 e. The molecule has 1 aromatic heterocycles. The summed E-state index contributed by atoms with van der Waals surface area (Å²) in [6.07, 6.45) is 1.40. The number of hydrogen-bond donors (Lipinski definition) is 0. The fourth-order valence-corrected chi connectivity index (χ4v) is 1.22. The van der Waals surface area contributed by atoms with Crippen molar-refractivity contribution in [1.29, 1.82) is 5.26 Å². The van der Waals surface area contributed by atoms with E-state index in [4.69, 9.17) is 10.00 Å². The Kier molecular flexibility index (Phi) is 2.97. The van der Waals surface area contributed by atoms with Crippen LogP contribution in [0, 0.1) is 23.0 Å². The molecular formula is C12H6F2N2O. The van der Waals surface area contributed by atoms with E-state index >= 15 is 0 Å². The first kappa shape index (κ1) is 11.0. The number of aromatic nitrogens is 1. The maximum atomic E-state index is 13.3. The van der Waals surface area contributed by atoms with Crippen molar-refractivity contribution in [3.8, 4) is 17.7 Å². The summed E-state index contributed by atoms with van der Waals surface area (Å²) in [4.78, 5) is 3.78. The molecule has 0 spiro atoms. The Balaban J connectivity index is 2.39. The number of nitrogens with zero attached hydrogens (tertiary/aromatic N) is 2. The molecule has 0 radical (unpaired) electrons. The Morgan fingerprint density at radius 1 is 1.18 bits per heavy atom. The summed E-state index contributed by atoms with van der Waals surface area (Å²) >= 11 is 0. The van der Waals surface area contributed by atoms with E-state index in [0.29, 0.717) is 0 Å². The Morgan fingerprint density at radius 2 is 2.00 bits per heavy atom. The molecule has 0 fully saturated rings.